The van der Waals surface area contributed by atoms with Crippen molar-refractivity contribution in [2.75, 3.05) is 16.3 Å². The number of rotatable bonds is 5. The van der Waals surface area contributed by atoms with Gasteiger partial charge in [-0.25, -0.2) is 8.42 Å². The lowest BCUT2D eigenvalue weighted by Crippen LogP contribution is -2.38. The Bertz CT molecular complexity index is 606. The van der Waals surface area contributed by atoms with Crippen molar-refractivity contribution in [3.05, 3.63) is 24.3 Å². The van der Waals surface area contributed by atoms with Gasteiger partial charge in [0.2, 0.25) is 15.9 Å². The monoisotopic (exact) mass is 313 g/mol. The number of sulfonamides is 1. The summed E-state index contributed by atoms with van der Waals surface area (Å²) in [6.45, 7) is 5.92. The molecule has 1 unspecified atom stereocenters. The zero-order valence-corrected chi connectivity index (χ0v) is 13.6. The van der Waals surface area contributed by atoms with Crippen LogP contribution in [0.15, 0.2) is 24.3 Å². The van der Waals surface area contributed by atoms with E-state index in [1.165, 1.54) is 0 Å². The highest BCUT2D eigenvalue weighted by atomic mass is 32.2. The van der Waals surface area contributed by atoms with Crippen LogP contribution in [0.2, 0.25) is 0 Å². The van der Waals surface area contributed by atoms with E-state index in [1.54, 1.807) is 24.3 Å². The maximum Gasteiger partial charge on any atom is 0.229 e. The van der Waals surface area contributed by atoms with Crippen molar-refractivity contribution in [2.24, 2.45) is 11.1 Å². The van der Waals surface area contributed by atoms with Gasteiger partial charge in [0.15, 0.2) is 0 Å². The molecule has 21 heavy (non-hydrogen) atoms. The summed E-state index contributed by atoms with van der Waals surface area (Å²) in [5.41, 5.74) is 6.73. The van der Waals surface area contributed by atoms with Crippen molar-refractivity contribution in [1.29, 1.82) is 0 Å². The molecule has 1 atom stereocenters. The molecule has 0 aliphatic rings. The Kier molecular flexibility index (Phi) is 5.36. The standard InChI is InChI=1S/C14H23N3O3S/c1-14(2,3)12(15)9-13(18)16-10-6-5-7-11(8-10)17-21(4,19)20/h5-8,12,17H,9,15H2,1-4H3,(H,16,18). The van der Waals surface area contributed by atoms with E-state index in [1.807, 2.05) is 20.8 Å². The molecule has 0 fully saturated rings. The summed E-state index contributed by atoms with van der Waals surface area (Å²) in [4.78, 5) is 11.9. The molecule has 0 aliphatic carbocycles. The lowest BCUT2D eigenvalue weighted by Gasteiger charge is -2.26. The number of benzene rings is 1. The average molecular weight is 313 g/mol. The lowest BCUT2D eigenvalue weighted by atomic mass is 9.85. The first-order valence-corrected chi connectivity index (χ1v) is 8.50. The van der Waals surface area contributed by atoms with Gasteiger partial charge in [-0.15, -0.1) is 0 Å². The number of hydrogen-bond donors (Lipinski definition) is 3. The minimum absolute atomic E-state index is 0.156. The fourth-order valence-electron chi connectivity index (χ4n) is 1.59. The summed E-state index contributed by atoms with van der Waals surface area (Å²) < 4.78 is 24.7. The van der Waals surface area contributed by atoms with Crippen molar-refractivity contribution >= 4 is 27.3 Å². The van der Waals surface area contributed by atoms with Gasteiger partial charge >= 0.3 is 0 Å². The first kappa shape index (κ1) is 17.5. The second-order valence-electron chi connectivity index (χ2n) is 6.18. The Hall–Kier alpha value is -1.60. The molecule has 118 valence electrons. The van der Waals surface area contributed by atoms with Crippen LogP contribution in [0.25, 0.3) is 0 Å². The van der Waals surface area contributed by atoms with E-state index in [0.717, 1.165) is 6.26 Å². The van der Waals surface area contributed by atoms with Crippen LogP contribution in [0.4, 0.5) is 11.4 Å². The Morgan fingerprint density at radius 3 is 2.38 bits per heavy atom. The van der Waals surface area contributed by atoms with Gasteiger partial charge < -0.3 is 11.1 Å². The van der Waals surface area contributed by atoms with Gasteiger partial charge in [0.1, 0.15) is 0 Å². The molecule has 0 bridgehead atoms. The van der Waals surface area contributed by atoms with Crippen LogP contribution in [0.5, 0.6) is 0 Å². The van der Waals surface area contributed by atoms with Crippen LogP contribution in [-0.4, -0.2) is 26.6 Å². The third-order valence-electron chi connectivity index (χ3n) is 2.97. The minimum Gasteiger partial charge on any atom is -0.327 e. The van der Waals surface area contributed by atoms with Crippen molar-refractivity contribution in [3.63, 3.8) is 0 Å². The van der Waals surface area contributed by atoms with E-state index in [2.05, 4.69) is 10.0 Å². The van der Waals surface area contributed by atoms with Crippen molar-refractivity contribution in [1.82, 2.24) is 0 Å². The quantitative estimate of drug-likeness (QED) is 0.771. The summed E-state index contributed by atoms with van der Waals surface area (Å²) >= 11 is 0. The highest BCUT2D eigenvalue weighted by molar-refractivity contribution is 7.92. The highest BCUT2D eigenvalue weighted by Gasteiger charge is 2.23. The van der Waals surface area contributed by atoms with Gasteiger partial charge in [0.05, 0.1) is 11.9 Å². The summed E-state index contributed by atoms with van der Waals surface area (Å²) in [6, 6.07) is 6.26. The molecule has 1 aromatic carbocycles. The van der Waals surface area contributed by atoms with Crippen LogP contribution >= 0.6 is 0 Å². The van der Waals surface area contributed by atoms with Gasteiger partial charge in [-0.1, -0.05) is 26.8 Å². The van der Waals surface area contributed by atoms with E-state index >= 15 is 0 Å². The maximum absolute atomic E-state index is 11.9. The third-order valence-corrected chi connectivity index (χ3v) is 3.57. The van der Waals surface area contributed by atoms with Crippen LogP contribution in [0.3, 0.4) is 0 Å². The molecular weight excluding hydrogens is 290 g/mol. The number of nitrogens with one attached hydrogen (secondary N) is 2. The summed E-state index contributed by atoms with van der Waals surface area (Å²) in [6.07, 6.45) is 1.27. The Morgan fingerprint density at radius 2 is 1.86 bits per heavy atom. The van der Waals surface area contributed by atoms with E-state index in [-0.39, 0.29) is 23.8 Å². The smallest absolute Gasteiger partial charge is 0.229 e. The zero-order valence-electron chi connectivity index (χ0n) is 12.8. The normalized spacial score (nSPS) is 13.6. The topological polar surface area (TPSA) is 101 Å². The Labute approximate surface area is 126 Å². The van der Waals surface area contributed by atoms with Gasteiger partial charge in [-0.05, 0) is 23.6 Å². The van der Waals surface area contributed by atoms with Gasteiger partial charge in [0.25, 0.3) is 0 Å². The Morgan fingerprint density at radius 1 is 1.29 bits per heavy atom. The van der Waals surface area contributed by atoms with E-state index in [0.29, 0.717) is 11.4 Å². The third kappa shape index (κ3) is 6.59. The largest absolute Gasteiger partial charge is 0.327 e. The maximum atomic E-state index is 11.9. The van der Waals surface area contributed by atoms with Crippen molar-refractivity contribution in [3.8, 4) is 0 Å². The van der Waals surface area contributed by atoms with Crippen molar-refractivity contribution < 1.29 is 13.2 Å². The SMILES string of the molecule is CC(C)(C)C(N)CC(=O)Nc1cccc(NS(C)(=O)=O)c1. The van der Waals surface area contributed by atoms with E-state index < -0.39 is 10.0 Å². The van der Waals surface area contributed by atoms with Crippen LogP contribution in [0, 0.1) is 5.41 Å². The van der Waals surface area contributed by atoms with E-state index in [9.17, 15) is 13.2 Å². The lowest BCUT2D eigenvalue weighted by molar-refractivity contribution is -0.117. The number of carbonyl (C=O) groups is 1. The second-order valence-corrected chi connectivity index (χ2v) is 7.93. The molecule has 4 N–H and O–H groups in total. The first-order chi connectivity index (χ1) is 9.47. The zero-order chi connectivity index (χ0) is 16.3. The molecule has 0 aliphatic heterocycles. The summed E-state index contributed by atoms with van der Waals surface area (Å²) in [5, 5.41) is 2.72. The second kappa shape index (κ2) is 6.44. The predicted molar refractivity (Wildman–Crippen MR) is 85.6 cm³/mol. The Balaban J connectivity index is 2.71. The number of amides is 1. The molecule has 7 heteroatoms. The minimum atomic E-state index is -3.34. The van der Waals surface area contributed by atoms with Crippen LogP contribution < -0.4 is 15.8 Å². The summed E-state index contributed by atoms with van der Waals surface area (Å²) in [5.74, 6) is -0.200. The van der Waals surface area contributed by atoms with Gasteiger partial charge in [-0.2, -0.15) is 0 Å². The van der Waals surface area contributed by atoms with E-state index in [4.69, 9.17) is 5.73 Å². The number of hydrogen-bond acceptors (Lipinski definition) is 4. The van der Waals surface area contributed by atoms with Crippen LogP contribution in [0.1, 0.15) is 27.2 Å². The molecule has 0 saturated carbocycles. The number of anilines is 2. The molecule has 1 rings (SSSR count). The van der Waals surface area contributed by atoms with Crippen LogP contribution in [-0.2, 0) is 14.8 Å². The number of carbonyl (C=O) groups excluding carboxylic acids is 1. The fraction of sp³-hybridized carbons (Fsp3) is 0.500. The molecule has 1 amide bonds. The molecule has 0 radical (unpaired) electrons. The highest BCUT2D eigenvalue weighted by Crippen LogP contribution is 2.21. The molecule has 1 aromatic rings. The van der Waals surface area contributed by atoms with Gasteiger partial charge in [0, 0.05) is 18.2 Å². The molecule has 0 aromatic heterocycles. The average Bonchev–Trinajstić information content (AvgIpc) is 2.25. The molecule has 0 saturated heterocycles. The molecule has 0 spiro atoms. The molecule has 0 heterocycles. The molecule has 6 nitrogen and oxygen atoms in total. The van der Waals surface area contributed by atoms with Gasteiger partial charge in [-0.3, -0.25) is 9.52 Å². The first-order valence-electron chi connectivity index (χ1n) is 6.61. The predicted octanol–water partition coefficient (Wildman–Crippen LogP) is 1.76. The summed E-state index contributed by atoms with van der Waals surface area (Å²) in [7, 11) is -3.34. The fourth-order valence-corrected chi connectivity index (χ4v) is 2.15. The number of nitrogens with two attached hydrogens (primary N) is 1. The molecular formula is C14H23N3O3S. The van der Waals surface area contributed by atoms with Crippen molar-refractivity contribution in [2.45, 2.75) is 33.2 Å².